The quantitative estimate of drug-likeness (QED) is 0.323. The van der Waals surface area contributed by atoms with Gasteiger partial charge in [-0.3, -0.25) is 0 Å². The van der Waals surface area contributed by atoms with E-state index in [2.05, 4.69) is 58.9 Å². The molecule has 0 aliphatic heterocycles. The first-order valence-electron chi connectivity index (χ1n) is 8.56. The van der Waals surface area contributed by atoms with Gasteiger partial charge in [0, 0.05) is 25.8 Å². The minimum Gasteiger partial charge on any atom is -0.358 e. The summed E-state index contributed by atoms with van der Waals surface area (Å²) in [4.78, 5) is 0. The Morgan fingerprint density at radius 2 is 1.54 bits per heavy atom. The molecule has 134 valence electrons. The minimum atomic E-state index is 0. The summed E-state index contributed by atoms with van der Waals surface area (Å²) in [5.74, 6) is 0. The van der Waals surface area contributed by atoms with Crippen molar-refractivity contribution in [2.24, 2.45) is 10.8 Å². The van der Waals surface area contributed by atoms with Gasteiger partial charge in [0.05, 0.1) is 0 Å². The summed E-state index contributed by atoms with van der Waals surface area (Å²) in [5, 5.41) is 2.96. The van der Waals surface area contributed by atoms with Crippen molar-refractivity contribution in [3.8, 4) is 0 Å². The van der Waals surface area contributed by atoms with E-state index in [1.165, 1.54) is 48.4 Å². The molecule has 0 atom stereocenters. The zero-order valence-electron chi connectivity index (χ0n) is 16.8. The van der Waals surface area contributed by atoms with Gasteiger partial charge in [-0.15, -0.1) is 34.5 Å². The first-order chi connectivity index (χ1) is 9.86. The number of rotatable bonds is 3. The van der Waals surface area contributed by atoms with Gasteiger partial charge in [0.1, 0.15) is 0 Å². The molecule has 0 amide bonds. The molecule has 2 aromatic rings. The van der Waals surface area contributed by atoms with Gasteiger partial charge in [-0.2, -0.15) is 6.07 Å². The van der Waals surface area contributed by atoms with Crippen LogP contribution in [0.25, 0.3) is 10.8 Å². The second kappa shape index (κ2) is 8.39. The SMILES string of the molecule is CCC1(CC)Cc2cc3cc[c-](CC(C)(C)C)c3cc2C1.[CH3-].[CH3-].[Hf]. The van der Waals surface area contributed by atoms with Crippen molar-refractivity contribution in [3.05, 3.63) is 55.8 Å². The molecule has 0 N–H and O–H groups in total. The van der Waals surface area contributed by atoms with Gasteiger partial charge in [-0.05, 0) is 36.5 Å². The molecule has 0 unspecified atom stereocenters. The minimum absolute atomic E-state index is 0. The summed E-state index contributed by atoms with van der Waals surface area (Å²) in [6.07, 6.45) is 6.34. The van der Waals surface area contributed by atoms with Gasteiger partial charge >= 0.3 is 0 Å². The van der Waals surface area contributed by atoms with Crippen molar-refractivity contribution < 1.29 is 25.8 Å². The van der Waals surface area contributed by atoms with E-state index in [0.717, 1.165) is 0 Å². The van der Waals surface area contributed by atoms with E-state index in [4.69, 9.17) is 0 Å². The molecule has 0 bridgehead atoms. The second-order valence-electron chi connectivity index (χ2n) is 8.36. The van der Waals surface area contributed by atoms with E-state index in [1.54, 1.807) is 11.1 Å². The Morgan fingerprint density at radius 3 is 2.04 bits per heavy atom. The summed E-state index contributed by atoms with van der Waals surface area (Å²) in [7, 11) is 0. The Balaban J connectivity index is 0.00000176. The van der Waals surface area contributed by atoms with Crippen molar-refractivity contribution in [2.75, 3.05) is 0 Å². The molecule has 0 aromatic heterocycles. The van der Waals surface area contributed by atoms with Crippen LogP contribution in [0.3, 0.4) is 0 Å². The van der Waals surface area contributed by atoms with Crippen LogP contribution in [0.4, 0.5) is 0 Å². The number of fused-ring (bicyclic) bond motifs is 2. The Labute approximate surface area is 169 Å². The van der Waals surface area contributed by atoms with Crippen LogP contribution in [0.5, 0.6) is 0 Å². The summed E-state index contributed by atoms with van der Waals surface area (Å²) in [5.41, 5.74) is 5.65. The van der Waals surface area contributed by atoms with Gasteiger partial charge in [0.2, 0.25) is 0 Å². The molecule has 1 heteroatoms. The fraction of sp³-hybridized carbons (Fsp3) is 0.522. The average Bonchev–Trinajstić information content (AvgIpc) is 2.96. The predicted molar refractivity (Wildman–Crippen MR) is 106 cm³/mol. The molecule has 0 fully saturated rings. The first-order valence-corrected chi connectivity index (χ1v) is 8.56. The van der Waals surface area contributed by atoms with Crippen LogP contribution in [-0.4, -0.2) is 0 Å². The molecule has 24 heavy (non-hydrogen) atoms. The third kappa shape index (κ3) is 4.45. The molecule has 3 rings (SSSR count). The molecule has 0 saturated carbocycles. The maximum absolute atomic E-state index is 2.51. The van der Waals surface area contributed by atoms with E-state index < -0.39 is 0 Å². The Hall–Kier alpha value is -0.300. The van der Waals surface area contributed by atoms with E-state index in [-0.39, 0.29) is 40.7 Å². The maximum Gasteiger partial charge on any atom is 0 e. The zero-order valence-corrected chi connectivity index (χ0v) is 20.4. The molecule has 1 aliphatic rings. The van der Waals surface area contributed by atoms with Crippen molar-refractivity contribution in [1.29, 1.82) is 0 Å². The van der Waals surface area contributed by atoms with Crippen LogP contribution in [0.2, 0.25) is 0 Å². The predicted octanol–water partition coefficient (Wildman–Crippen LogP) is 6.95. The third-order valence-corrected chi connectivity index (χ3v) is 5.53. The number of hydrogen-bond donors (Lipinski definition) is 0. The molecule has 0 saturated heterocycles. The van der Waals surface area contributed by atoms with Crippen LogP contribution >= 0.6 is 0 Å². The zero-order chi connectivity index (χ0) is 15.3. The topological polar surface area (TPSA) is 0 Å². The fourth-order valence-electron chi connectivity index (χ4n) is 4.08. The Kier molecular flexibility index (Phi) is 8.28. The molecule has 0 nitrogen and oxygen atoms in total. The van der Waals surface area contributed by atoms with Crippen LogP contribution in [0.1, 0.15) is 64.2 Å². The van der Waals surface area contributed by atoms with Gasteiger partial charge in [-0.25, -0.2) is 0 Å². The molecule has 2 aromatic carbocycles. The largest absolute Gasteiger partial charge is 0.358 e. The Morgan fingerprint density at radius 1 is 1.00 bits per heavy atom. The van der Waals surface area contributed by atoms with Crippen molar-refractivity contribution >= 4 is 10.8 Å². The van der Waals surface area contributed by atoms with E-state index in [1.807, 2.05) is 0 Å². The summed E-state index contributed by atoms with van der Waals surface area (Å²) >= 11 is 0. The van der Waals surface area contributed by atoms with Crippen LogP contribution in [-0.2, 0) is 45.1 Å². The second-order valence-corrected chi connectivity index (χ2v) is 8.36. The van der Waals surface area contributed by atoms with Gasteiger partial charge in [0.25, 0.3) is 0 Å². The number of hydrogen-bond acceptors (Lipinski definition) is 0. The molecular formula is C23H35Hf-3. The molecule has 0 radical (unpaired) electrons. The summed E-state index contributed by atoms with van der Waals surface area (Å²) in [6.45, 7) is 11.7. The van der Waals surface area contributed by atoms with Crippen LogP contribution < -0.4 is 0 Å². The standard InChI is InChI=1S/C21H29.2CH3.Hf/c1-6-21(7-2)13-17-10-15-8-9-16(12-20(3,4)5)19(15)11-18(17)14-21;;;/h8-11H,6-7,12-14H2,1-5H3;2*1H3;/q3*-1;. The van der Waals surface area contributed by atoms with Crippen molar-refractivity contribution in [3.63, 3.8) is 0 Å². The van der Waals surface area contributed by atoms with Gasteiger partial charge in [-0.1, -0.05) is 52.2 Å². The maximum atomic E-state index is 2.51. The van der Waals surface area contributed by atoms with Gasteiger partial charge in [0.15, 0.2) is 0 Å². The third-order valence-electron chi connectivity index (χ3n) is 5.53. The average molecular weight is 490 g/mol. The van der Waals surface area contributed by atoms with Crippen molar-refractivity contribution in [2.45, 2.75) is 66.7 Å². The van der Waals surface area contributed by atoms with Crippen LogP contribution in [0.15, 0.2) is 24.3 Å². The Bertz CT molecular complexity index is 650. The molecular weight excluding hydrogens is 455 g/mol. The summed E-state index contributed by atoms with van der Waals surface area (Å²) < 4.78 is 0. The molecule has 0 spiro atoms. The van der Waals surface area contributed by atoms with E-state index >= 15 is 0 Å². The molecule has 1 aliphatic carbocycles. The number of benzene rings is 1. The fourth-order valence-corrected chi connectivity index (χ4v) is 4.08. The monoisotopic (exact) mass is 491 g/mol. The normalized spacial score (nSPS) is 15.2. The smallest absolute Gasteiger partial charge is 0 e. The summed E-state index contributed by atoms with van der Waals surface area (Å²) in [6, 6.07) is 9.66. The van der Waals surface area contributed by atoms with E-state index in [0.29, 0.717) is 10.8 Å². The van der Waals surface area contributed by atoms with Gasteiger partial charge < -0.3 is 14.9 Å². The van der Waals surface area contributed by atoms with Crippen LogP contribution in [0, 0.1) is 25.7 Å². The van der Waals surface area contributed by atoms with Crippen molar-refractivity contribution in [1.82, 2.24) is 0 Å². The first kappa shape index (κ1) is 23.7. The molecule has 0 heterocycles. The van der Waals surface area contributed by atoms with E-state index in [9.17, 15) is 0 Å².